The van der Waals surface area contributed by atoms with Crippen LogP contribution in [0.25, 0.3) is 0 Å². The molecule has 0 spiro atoms. The Bertz CT molecular complexity index is 382. The largest absolute Gasteiger partial charge is 0.495 e. The van der Waals surface area contributed by atoms with Gasteiger partial charge in [0.1, 0.15) is 5.75 Å². The second kappa shape index (κ2) is 7.14. The second-order valence-corrected chi connectivity index (χ2v) is 4.01. The summed E-state index contributed by atoms with van der Waals surface area (Å²) in [7, 11) is 1.53. The second-order valence-electron chi connectivity index (χ2n) is 3.57. The van der Waals surface area contributed by atoms with Gasteiger partial charge in [-0.25, -0.2) is 0 Å². The Hall–Kier alpha value is -1.26. The van der Waals surface area contributed by atoms with E-state index >= 15 is 0 Å². The van der Waals surface area contributed by atoms with E-state index < -0.39 is 0 Å². The standard InChI is InChI=1S/C12H16ClNO3/c1-17-11-6-5-9(13)8-10(11)14-12(16)4-2-3-7-15/h5-6,8,15H,2-4,7H2,1H3,(H,14,16). The highest BCUT2D eigenvalue weighted by molar-refractivity contribution is 6.31. The third-order valence-electron chi connectivity index (χ3n) is 2.25. The van der Waals surface area contributed by atoms with Crippen molar-refractivity contribution in [1.29, 1.82) is 0 Å². The fraction of sp³-hybridized carbons (Fsp3) is 0.417. The van der Waals surface area contributed by atoms with Gasteiger partial charge in [-0.15, -0.1) is 0 Å². The highest BCUT2D eigenvalue weighted by Gasteiger charge is 2.07. The van der Waals surface area contributed by atoms with Crippen molar-refractivity contribution < 1.29 is 14.6 Å². The lowest BCUT2D eigenvalue weighted by Gasteiger charge is -2.10. The zero-order chi connectivity index (χ0) is 12.7. The van der Waals surface area contributed by atoms with Crippen LogP contribution in [0.15, 0.2) is 18.2 Å². The number of halogens is 1. The lowest BCUT2D eigenvalue weighted by atomic mass is 10.2. The summed E-state index contributed by atoms with van der Waals surface area (Å²) in [5.74, 6) is 0.462. The third-order valence-corrected chi connectivity index (χ3v) is 2.48. The van der Waals surface area contributed by atoms with Gasteiger partial charge in [0.25, 0.3) is 0 Å². The van der Waals surface area contributed by atoms with E-state index in [9.17, 15) is 4.79 Å². The third kappa shape index (κ3) is 4.63. The number of benzene rings is 1. The average molecular weight is 258 g/mol. The molecule has 0 fully saturated rings. The summed E-state index contributed by atoms with van der Waals surface area (Å²) in [6.45, 7) is 0.105. The number of aliphatic hydroxyl groups excluding tert-OH is 1. The number of aliphatic hydroxyl groups is 1. The molecule has 0 aliphatic heterocycles. The van der Waals surface area contributed by atoms with Crippen LogP contribution in [-0.4, -0.2) is 24.7 Å². The van der Waals surface area contributed by atoms with Crippen LogP contribution in [-0.2, 0) is 4.79 Å². The summed E-state index contributed by atoms with van der Waals surface area (Å²) >= 11 is 5.84. The maximum atomic E-state index is 11.6. The summed E-state index contributed by atoms with van der Waals surface area (Å²) < 4.78 is 5.11. The SMILES string of the molecule is COc1ccc(Cl)cc1NC(=O)CCCCO. The van der Waals surface area contributed by atoms with Crippen molar-refractivity contribution >= 4 is 23.2 Å². The maximum Gasteiger partial charge on any atom is 0.224 e. The van der Waals surface area contributed by atoms with Gasteiger partial charge in [-0.3, -0.25) is 4.79 Å². The smallest absolute Gasteiger partial charge is 0.224 e. The van der Waals surface area contributed by atoms with Crippen molar-refractivity contribution in [3.63, 3.8) is 0 Å². The van der Waals surface area contributed by atoms with Crippen molar-refractivity contribution in [3.8, 4) is 5.75 Å². The molecule has 0 saturated carbocycles. The van der Waals surface area contributed by atoms with E-state index in [0.717, 1.165) is 0 Å². The van der Waals surface area contributed by atoms with Gasteiger partial charge < -0.3 is 15.2 Å². The van der Waals surface area contributed by atoms with Gasteiger partial charge in [0.15, 0.2) is 0 Å². The predicted molar refractivity (Wildman–Crippen MR) is 67.6 cm³/mol. The number of rotatable bonds is 6. The zero-order valence-electron chi connectivity index (χ0n) is 9.70. The Labute approximate surface area is 106 Å². The molecular formula is C12H16ClNO3. The molecule has 1 rings (SSSR count). The molecule has 94 valence electrons. The first-order valence-corrected chi connectivity index (χ1v) is 5.79. The lowest BCUT2D eigenvalue weighted by molar-refractivity contribution is -0.116. The summed E-state index contributed by atoms with van der Waals surface area (Å²) in [6, 6.07) is 5.04. The fourth-order valence-corrected chi connectivity index (χ4v) is 1.56. The maximum absolute atomic E-state index is 11.6. The first-order chi connectivity index (χ1) is 8.17. The van der Waals surface area contributed by atoms with Crippen LogP contribution in [0.3, 0.4) is 0 Å². The topological polar surface area (TPSA) is 58.6 Å². The number of methoxy groups -OCH3 is 1. The highest BCUT2D eigenvalue weighted by atomic mass is 35.5. The number of ether oxygens (including phenoxy) is 1. The minimum Gasteiger partial charge on any atom is -0.495 e. The summed E-state index contributed by atoms with van der Waals surface area (Å²) in [6.07, 6.45) is 1.65. The van der Waals surface area contributed by atoms with Gasteiger partial charge in [0, 0.05) is 18.1 Å². The molecule has 0 radical (unpaired) electrons. The van der Waals surface area contributed by atoms with Gasteiger partial charge in [-0.2, -0.15) is 0 Å². The first kappa shape index (κ1) is 13.8. The molecule has 5 heteroatoms. The number of amides is 1. The van der Waals surface area contributed by atoms with Crippen LogP contribution >= 0.6 is 11.6 Å². The van der Waals surface area contributed by atoms with Crippen molar-refractivity contribution in [2.75, 3.05) is 19.0 Å². The van der Waals surface area contributed by atoms with Crippen molar-refractivity contribution in [2.45, 2.75) is 19.3 Å². The first-order valence-electron chi connectivity index (χ1n) is 5.41. The number of hydrogen-bond donors (Lipinski definition) is 2. The van der Waals surface area contributed by atoms with Crippen molar-refractivity contribution in [1.82, 2.24) is 0 Å². The van der Waals surface area contributed by atoms with Crippen LogP contribution in [0.1, 0.15) is 19.3 Å². The molecule has 1 aromatic rings. The van der Waals surface area contributed by atoms with E-state index in [2.05, 4.69) is 5.32 Å². The lowest BCUT2D eigenvalue weighted by Crippen LogP contribution is -2.12. The Kier molecular flexibility index (Phi) is 5.80. The molecule has 0 unspecified atom stereocenters. The molecule has 0 aromatic heterocycles. The number of carbonyl (C=O) groups excluding carboxylic acids is 1. The van der Waals surface area contributed by atoms with Gasteiger partial charge >= 0.3 is 0 Å². The van der Waals surface area contributed by atoms with Crippen LogP contribution < -0.4 is 10.1 Å². The van der Waals surface area contributed by atoms with Crippen LogP contribution in [0.4, 0.5) is 5.69 Å². The van der Waals surface area contributed by atoms with E-state index in [-0.39, 0.29) is 12.5 Å². The Morgan fingerprint density at radius 3 is 2.88 bits per heavy atom. The van der Waals surface area contributed by atoms with E-state index in [1.807, 2.05) is 0 Å². The van der Waals surface area contributed by atoms with Gasteiger partial charge in [-0.05, 0) is 31.0 Å². The van der Waals surface area contributed by atoms with E-state index in [1.165, 1.54) is 7.11 Å². The van der Waals surface area contributed by atoms with Gasteiger partial charge in [0.2, 0.25) is 5.91 Å². The van der Waals surface area contributed by atoms with Crippen LogP contribution in [0, 0.1) is 0 Å². The van der Waals surface area contributed by atoms with Crippen LogP contribution in [0.5, 0.6) is 5.75 Å². The molecule has 2 N–H and O–H groups in total. The predicted octanol–water partition coefficient (Wildman–Crippen LogP) is 2.45. The monoisotopic (exact) mass is 257 g/mol. The van der Waals surface area contributed by atoms with Crippen molar-refractivity contribution in [3.05, 3.63) is 23.2 Å². The molecule has 0 heterocycles. The number of nitrogens with one attached hydrogen (secondary N) is 1. The summed E-state index contributed by atoms with van der Waals surface area (Å²) in [5, 5.41) is 11.9. The number of anilines is 1. The zero-order valence-corrected chi connectivity index (χ0v) is 10.5. The summed E-state index contributed by atoms with van der Waals surface area (Å²) in [5.41, 5.74) is 0.564. The fourth-order valence-electron chi connectivity index (χ4n) is 1.39. The Morgan fingerprint density at radius 1 is 1.47 bits per heavy atom. The molecule has 1 amide bonds. The Balaban J connectivity index is 2.60. The molecule has 0 aliphatic rings. The minimum atomic E-state index is -0.112. The normalized spacial score (nSPS) is 10.1. The van der Waals surface area contributed by atoms with E-state index in [0.29, 0.717) is 35.7 Å². The average Bonchev–Trinajstić information content (AvgIpc) is 2.29. The van der Waals surface area contributed by atoms with Gasteiger partial charge in [0.05, 0.1) is 12.8 Å². The minimum absolute atomic E-state index is 0.105. The summed E-state index contributed by atoms with van der Waals surface area (Å²) in [4.78, 5) is 11.6. The molecule has 0 saturated heterocycles. The molecule has 0 bridgehead atoms. The molecule has 0 aliphatic carbocycles. The van der Waals surface area contributed by atoms with Crippen molar-refractivity contribution in [2.24, 2.45) is 0 Å². The highest BCUT2D eigenvalue weighted by Crippen LogP contribution is 2.27. The number of unbranched alkanes of at least 4 members (excludes halogenated alkanes) is 1. The molecule has 17 heavy (non-hydrogen) atoms. The number of hydrogen-bond acceptors (Lipinski definition) is 3. The Morgan fingerprint density at radius 2 is 2.24 bits per heavy atom. The molecule has 0 atom stereocenters. The van der Waals surface area contributed by atoms with Crippen LogP contribution in [0.2, 0.25) is 5.02 Å². The van der Waals surface area contributed by atoms with Gasteiger partial charge in [-0.1, -0.05) is 11.6 Å². The number of carbonyl (C=O) groups is 1. The molecule has 1 aromatic carbocycles. The quantitative estimate of drug-likeness (QED) is 0.770. The molecule has 4 nitrogen and oxygen atoms in total. The molecular weight excluding hydrogens is 242 g/mol. The van der Waals surface area contributed by atoms with E-state index in [4.69, 9.17) is 21.4 Å². The van der Waals surface area contributed by atoms with E-state index in [1.54, 1.807) is 18.2 Å².